The highest BCUT2D eigenvalue weighted by Gasteiger charge is 2.20. The van der Waals surface area contributed by atoms with E-state index in [4.69, 9.17) is 0 Å². The minimum Gasteiger partial charge on any atom is -0.135 e. The van der Waals surface area contributed by atoms with E-state index in [9.17, 15) is 0 Å². The lowest BCUT2D eigenvalue weighted by atomic mass is 9.97. The first kappa shape index (κ1) is 14.1. The molecule has 1 heterocycles. The Morgan fingerprint density at radius 1 is 0.720 bits per heavy atom. The Hall–Kier alpha value is -2.16. The predicted octanol–water partition coefficient (Wildman–Crippen LogP) is 7.54. The summed E-state index contributed by atoms with van der Waals surface area (Å²) in [6.45, 7) is 0. The molecule has 6 rings (SSSR count). The van der Waals surface area contributed by atoms with Crippen LogP contribution < -0.4 is 0 Å². The lowest BCUT2D eigenvalue weighted by Gasteiger charge is -2.06. The van der Waals surface area contributed by atoms with Crippen molar-refractivity contribution in [2.75, 3.05) is 0 Å². The van der Waals surface area contributed by atoms with Gasteiger partial charge in [0, 0.05) is 24.6 Å². The van der Waals surface area contributed by atoms with Crippen LogP contribution in [0.15, 0.2) is 71.2 Å². The zero-order valence-corrected chi connectivity index (χ0v) is 15.7. The Balaban J connectivity index is 1.74. The fraction of sp³-hybridized carbons (Fsp3) is 0.0435. The standard InChI is InChI=1S/C23H13BrS/c24-16-7-5-13-9-15-11-20-14(10-18(15)19(13)12-16)6-8-22-23(20)17-3-1-2-4-21(17)25-22/h1-8,10-12H,9H2. The minimum atomic E-state index is 1.03. The van der Waals surface area contributed by atoms with E-state index in [1.807, 2.05) is 11.3 Å². The molecule has 5 aromatic rings. The summed E-state index contributed by atoms with van der Waals surface area (Å²) in [5.74, 6) is 0. The summed E-state index contributed by atoms with van der Waals surface area (Å²) in [5.41, 5.74) is 5.65. The SMILES string of the molecule is Brc1ccc2c(c1)-c1cc3ccc4sc5ccccc5c4c3cc1C2. The molecule has 0 radical (unpaired) electrons. The molecule has 0 saturated heterocycles. The van der Waals surface area contributed by atoms with E-state index in [0.29, 0.717) is 0 Å². The molecule has 0 saturated carbocycles. The highest BCUT2D eigenvalue weighted by atomic mass is 79.9. The Kier molecular flexibility index (Phi) is 2.77. The van der Waals surface area contributed by atoms with Crippen LogP contribution in [0.25, 0.3) is 42.1 Å². The third-order valence-corrected chi connectivity index (χ3v) is 6.95. The number of hydrogen-bond acceptors (Lipinski definition) is 1. The summed E-state index contributed by atoms with van der Waals surface area (Å²) in [5, 5.41) is 5.52. The molecule has 0 unspecified atom stereocenters. The van der Waals surface area contributed by atoms with E-state index in [1.54, 1.807) is 0 Å². The third-order valence-electron chi connectivity index (χ3n) is 5.32. The van der Waals surface area contributed by atoms with Gasteiger partial charge in [-0.2, -0.15) is 0 Å². The molecular weight excluding hydrogens is 388 g/mol. The van der Waals surface area contributed by atoms with Crippen LogP contribution in [-0.4, -0.2) is 0 Å². The van der Waals surface area contributed by atoms with Crippen molar-refractivity contribution < 1.29 is 0 Å². The van der Waals surface area contributed by atoms with Gasteiger partial charge in [0.15, 0.2) is 0 Å². The highest BCUT2D eigenvalue weighted by molar-refractivity contribution is 9.10. The molecule has 0 bridgehead atoms. The summed E-state index contributed by atoms with van der Waals surface area (Å²) in [6, 6.07) is 24.8. The van der Waals surface area contributed by atoms with Crippen LogP contribution in [0.4, 0.5) is 0 Å². The molecule has 1 aliphatic carbocycles. The van der Waals surface area contributed by atoms with Crippen molar-refractivity contribution in [1.29, 1.82) is 0 Å². The van der Waals surface area contributed by atoms with Gasteiger partial charge in [-0.1, -0.05) is 46.3 Å². The zero-order chi connectivity index (χ0) is 16.5. The Bertz CT molecular complexity index is 1330. The first-order valence-electron chi connectivity index (χ1n) is 8.44. The number of benzene rings is 4. The van der Waals surface area contributed by atoms with Crippen molar-refractivity contribution in [3.63, 3.8) is 0 Å². The number of fused-ring (bicyclic) bond motifs is 8. The summed E-state index contributed by atoms with van der Waals surface area (Å²) in [7, 11) is 0. The molecule has 0 fully saturated rings. The van der Waals surface area contributed by atoms with Crippen molar-refractivity contribution in [3.05, 3.63) is 82.3 Å². The van der Waals surface area contributed by atoms with Gasteiger partial charge >= 0.3 is 0 Å². The smallest absolute Gasteiger partial charge is 0.0361 e. The topological polar surface area (TPSA) is 0 Å². The maximum Gasteiger partial charge on any atom is 0.0361 e. The summed E-state index contributed by atoms with van der Waals surface area (Å²) in [6.07, 6.45) is 1.03. The Morgan fingerprint density at radius 3 is 2.56 bits per heavy atom. The molecule has 0 spiro atoms. The van der Waals surface area contributed by atoms with E-state index < -0.39 is 0 Å². The molecule has 0 amide bonds. The van der Waals surface area contributed by atoms with Crippen LogP contribution in [0.2, 0.25) is 0 Å². The molecule has 25 heavy (non-hydrogen) atoms. The Labute approximate surface area is 157 Å². The average Bonchev–Trinajstić information content (AvgIpc) is 3.17. The number of hydrogen-bond donors (Lipinski definition) is 0. The van der Waals surface area contributed by atoms with Crippen LogP contribution in [0.3, 0.4) is 0 Å². The normalized spacial score (nSPS) is 12.8. The van der Waals surface area contributed by atoms with Crippen LogP contribution >= 0.6 is 27.3 Å². The molecule has 118 valence electrons. The second-order valence-electron chi connectivity index (χ2n) is 6.75. The fourth-order valence-electron chi connectivity index (χ4n) is 4.20. The second kappa shape index (κ2) is 4.94. The van der Waals surface area contributed by atoms with Gasteiger partial charge in [0.25, 0.3) is 0 Å². The van der Waals surface area contributed by atoms with E-state index in [1.165, 1.54) is 53.2 Å². The maximum atomic E-state index is 3.62. The number of rotatable bonds is 0. The molecule has 4 aromatic carbocycles. The van der Waals surface area contributed by atoms with Crippen molar-refractivity contribution in [2.45, 2.75) is 6.42 Å². The summed E-state index contributed by atoms with van der Waals surface area (Å²) in [4.78, 5) is 0. The zero-order valence-electron chi connectivity index (χ0n) is 13.3. The first-order chi connectivity index (χ1) is 12.3. The quantitative estimate of drug-likeness (QED) is 0.247. The van der Waals surface area contributed by atoms with Crippen molar-refractivity contribution in [2.24, 2.45) is 0 Å². The molecule has 1 aromatic heterocycles. The van der Waals surface area contributed by atoms with Gasteiger partial charge in [-0.25, -0.2) is 0 Å². The van der Waals surface area contributed by atoms with Crippen molar-refractivity contribution in [1.82, 2.24) is 0 Å². The second-order valence-corrected chi connectivity index (χ2v) is 8.75. The van der Waals surface area contributed by atoms with E-state index in [2.05, 4.69) is 82.7 Å². The van der Waals surface area contributed by atoms with Crippen molar-refractivity contribution >= 4 is 58.2 Å². The monoisotopic (exact) mass is 400 g/mol. The minimum absolute atomic E-state index is 1.03. The van der Waals surface area contributed by atoms with Crippen LogP contribution in [0, 0.1) is 0 Å². The largest absolute Gasteiger partial charge is 0.135 e. The van der Waals surface area contributed by atoms with Gasteiger partial charge in [-0.3, -0.25) is 0 Å². The van der Waals surface area contributed by atoms with E-state index in [-0.39, 0.29) is 0 Å². The lowest BCUT2D eigenvalue weighted by Crippen LogP contribution is -1.82. The molecule has 2 heteroatoms. The number of halogens is 1. The predicted molar refractivity (Wildman–Crippen MR) is 113 cm³/mol. The molecule has 0 N–H and O–H groups in total. The van der Waals surface area contributed by atoms with E-state index in [0.717, 1.165) is 10.9 Å². The molecule has 0 aliphatic heterocycles. The van der Waals surface area contributed by atoms with Gasteiger partial charge in [0.1, 0.15) is 0 Å². The van der Waals surface area contributed by atoms with Gasteiger partial charge in [-0.05, 0) is 75.8 Å². The van der Waals surface area contributed by atoms with Gasteiger partial charge < -0.3 is 0 Å². The average molecular weight is 401 g/mol. The highest BCUT2D eigenvalue weighted by Crippen LogP contribution is 2.44. The van der Waals surface area contributed by atoms with Crippen LogP contribution in [-0.2, 0) is 6.42 Å². The van der Waals surface area contributed by atoms with Crippen molar-refractivity contribution in [3.8, 4) is 11.1 Å². The van der Waals surface area contributed by atoms with Gasteiger partial charge in [0.05, 0.1) is 0 Å². The summed E-state index contributed by atoms with van der Waals surface area (Å²) < 4.78 is 3.91. The third kappa shape index (κ3) is 1.92. The fourth-order valence-corrected chi connectivity index (χ4v) is 5.68. The molecular formula is C23H13BrS. The Morgan fingerprint density at radius 2 is 1.60 bits per heavy atom. The lowest BCUT2D eigenvalue weighted by molar-refractivity contribution is 1.27. The maximum absolute atomic E-state index is 3.62. The first-order valence-corrected chi connectivity index (χ1v) is 10.0. The summed E-state index contributed by atoms with van der Waals surface area (Å²) >= 11 is 5.52. The van der Waals surface area contributed by atoms with Crippen LogP contribution in [0.1, 0.15) is 11.1 Å². The number of thiophene rings is 1. The molecule has 0 atom stereocenters. The molecule has 1 aliphatic rings. The van der Waals surface area contributed by atoms with Crippen LogP contribution in [0.5, 0.6) is 0 Å². The van der Waals surface area contributed by atoms with Gasteiger partial charge in [-0.15, -0.1) is 11.3 Å². The van der Waals surface area contributed by atoms with E-state index >= 15 is 0 Å². The van der Waals surface area contributed by atoms with Gasteiger partial charge in [0.2, 0.25) is 0 Å². The molecule has 0 nitrogen and oxygen atoms in total.